The maximum atomic E-state index is 10.9. The van der Waals surface area contributed by atoms with E-state index in [1.165, 1.54) is 11.3 Å². The molecule has 0 unspecified atom stereocenters. The first-order valence-electron chi connectivity index (χ1n) is 4.67. The summed E-state index contributed by atoms with van der Waals surface area (Å²) in [6.07, 6.45) is 3.86. The molecule has 0 aliphatic heterocycles. The van der Waals surface area contributed by atoms with E-state index in [0.717, 1.165) is 17.1 Å². The number of rotatable bonds is 3. The SMILES string of the molecule is Cc1nccnc1Cc1csc(C(N)=O)n1. The Balaban J connectivity index is 2.21. The minimum atomic E-state index is -0.493. The molecule has 0 aromatic carbocycles. The second-order valence-electron chi connectivity index (χ2n) is 3.27. The van der Waals surface area contributed by atoms with Gasteiger partial charge in [-0.25, -0.2) is 4.98 Å². The Labute approximate surface area is 96.4 Å². The quantitative estimate of drug-likeness (QED) is 0.856. The van der Waals surface area contributed by atoms with Gasteiger partial charge in [-0.2, -0.15) is 0 Å². The van der Waals surface area contributed by atoms with Crippen molar-refractivity contribution < 1.29 is 4.79 Å². The lowest BCUT2D eigenvalue weighted by Crippen LogP contribution is -2.10. The molecular formula is C10H10N4OS. The van der Waals surface area contributed by atoms with Crippen LogP contribution in [0.3, 0.4) is 0 Å². The van der Waals surface area contributed by atoms with Gasteiger partial charge in [0.1, 0.15) is 0 Å². The molecule has 16 heavy (non-hydrogen) atoms. The molecule has 0 aliphatic carbocycles. The van der Waals surface area contributed by atoms with Crippen molar-refractivity contribution in [2.24, 2.45) is 5.73 Å². The van der Waals surface area contributed by atoms with E-state index in [0.29, 0.717) is 11.4 Å². The highest BCUT2D eigenvalue weighted by Gasteiger charge is 2.09. The molecule has 2 heterocycles. The van der Waals surface area contributed by atoms with E-state index < -0.39 is 5.91 Å². The fourth-order valence-electron chi connectivity index (χ4n) is 1.28. The van der Waals surface area contributed by atoms with Gasteiger partial charge in [-0.15, -0.1) is 11.3 Å². The van der Waals surface area contributed by atoms with E-state index in [1.54, 1.807) is 12.4 Å². The highest BCUT2D eigenvalue weighted by atomic mass is 32.1. The Bertz CT molecular complexity index is 523. The summed E-state index contributed by atoms with van der Waals surface area (Å²) in [6.45, 7) is 1.89. The maximum absolute atomic E-state index is 10.9. The molecule has 0 spiro atoms. The van der Waals surface area contributed by atoms with E-state index in [1.807, 2.05) is 12.3 Å². The van der Waals surface area contributed by atoms with E-state index in [2.05, 4.69) is 15.0 Å². The van der Waals surface area contributed by atoms with Crippen LogP contribution in [0.5, 0.6) is 0 Å². The summed E-state index contributed by atoms with van der Waals surface area (Å²) in [4.78, 5) is 23.4. The first-order valence-corrected chi connectivity index (χ1v) is 5.55. The second kappa shape index (κ2) is 4.36. The van der Waals surface area contributed by atoms with Crippen LogP contribution in [-0.2, 0) is 6.42 Å². The number of carbonyl (C=O) groups is 1. The van der Waals surface area contributed by atoms with E-state index in [-0.39, 0.29) is 0 Å². The summed E-state index contributed by atoms with van der Waals surface area (Å²) in [5, 5.41) is 2.14. The first-order chi connectivity index (χ1) is 7.66. The van der Waals surface area contributed by atoms with Crippen molar-refractivity contribution in [2.45, 2.75) is 13.3 Å². The lowest BCUT2D eigenvalue weighted by Gasteiger charge is -1.99. The van der Waals surface area contributed by atoms with Crippen LogP contribution in [0.25, 0.3) is 0 Å². The summed E-state index contributed by atoms with van der Waals surface area (Å²) in [5.74, 6) is -0.493. The van der Waals surface area contributed by atoms with Crippen molar-refractivity contribution in [1.29, 1.82) is 0 Å². The highest BCUT2D eigenvalue weighted by molar-refractivity contribution is 7.11. The second-order valence-corrected chi connectivity index (χ2v) is 4.13. The smallest absolute Gasteiger partial charge is 0.277 e. The van der Waals surface area contributed by atoms with Gasteiger partial charge >= 0.3 is 0 Å². The molecule has 2 aromatic rings. The summed E-state index contributed by atoms with van der Waals surface area (Å²) in [5.41, 5.74) is 7.66. The molecule has 82 valence electrons. The third-order valence-corrected chi connectivity index (χ3v) is 3.00. The molecule has 1 amide bonds. The van der Waals surface area contributed by atoms with Gasteiger partial charge in [-0.3, -0.25) is 14.8 Å². The number of nitrogens with two attached hydrogens (primary N) is 1. The highest BCUT2D eigenvalue weighted by Crippen LogP contribution is 2.13. The Hall–Kier alpha value is -1.82. The number of thiazole rings is 1. The molecule has 2 aromatic heterocycles. The lowest BCUT2D eigenvalue weighted by molar-refractivity contribution is 0.1000. The molecule has 0 fully saturated rings. The van der Waals surface area contributed by atoms with Gasteiger partial charge in [0.05, 0.1) is 17.1 Å². The van der Waals surface area contributed by atoms with Crippen LogP contribution in [0.2, 0.25) is 0 Å². The molecule has 0 saturated carbocycles. The molecule has 6 heteroatoms. The zero-order chi connectivity index (χ0) is 11.5. The first kappa shape index (κ1) is 10.7. The summed E-state index contributed by atoms with van der Waals surface area (Å²) < 4.78 is 0. The van der Waals surface area contributed by atoms with Gasteiger partial charge in [-0.1, -0.05) is 0 Å². The monoisotopic (exact) mass is 234 g/mol. The zero-order valence-electron chi connectivity index (χ0n) is 8.67. The average Bonchev–Trinajstić information content (AvgIpc) is 2.70. The van der Waals surface area contributed by atoms with Crippen LogP contribution in [0.1, 0.15) is 26.9 Å². The molecular weight excluding hydrogens is 224 g/mol. The van der Waals surface area contributed by atoms with Crippen molar-refractivity contribution in [3.05, 3.63) is 39.9 Å². The minimum absolute atomic E-state index is 0.330. The lowest BCUT2D eigenvalue weighted by atomic mass is 10.2. The molecule has 0 atom stereocenters. The van der Waals surface area contributed by atoms with Gasteiger partial charge < -0.3 is 5.73 Å². The summed E-state index contributed by atoms with van der Waals surface area (Å²) in [7, 11) is 0. The van der Waals surface area contributed by atoms with Crippen molar-refractivity contribution in [1.82, 2.24) is 15.0 Å². The van der Waals surface area contributed by atoms with E-state index in [9.17, 15) is 4.79 Å². The predicted octanol–water partition coefficient (Wildman–Crippen LogP) is 0.931. The average molecular weight is 234 g/mol. The molecule has 0 saturated heterocycles. The van der Waals surface area contributed by atoms with Gasteiger partial charge in [0.2, 0.25) is 0 Å². The van der Waals surface area contributed by atoms with E-state index in [4.69, 9.17) is 5.73 Å². The van der Waals surface area contributed by atoms with Crippen molar-refractivity contribution in [3.63, 3.8) is 0 Å². The Kier molecular flexibility index (Phi) is 2.91. The zero-order valence-corrected chi connectivity index (χ0v) is 9.49. The normalized spacial score (nSPS) is 10.3. The third-order valence-electron chi connectivity index (χ3n) is 2.09. The molecule has 2 N–H and O–H groups in total. The number of hydrogen-bond acceptors (Lipinski definition) is 5. The minimum Gasteiger partial charge on any atom is -0.364 e. The van der Waals surface area contributed by atoms with Crippen molar-refractivity contribution in [3.8, 4) is 0 Å². The fourth-order valence-corrected chi connectivity index (χ4v) is 1.95. The number of amides is 1. The molecule has 5 nitrogen and oxygen atoms in total. The van der Waals surface area contributed by atoms with Crippen molar-refractivity contribution in [2.75, 3.05) is 0 Å². The van der Waals surface area contributed by atoms with Crippen LogP contribution in [0.15, 0.2) is 17.8 Å². The number of hydrogen-bond donors (Lipinski definition) is 1. The molecule has 2 rings (SSSR count). The molecule has 0 aliphatic rings. The van der Waals surface area contributed by atoms with Crippen LogP contribution < -0.4 is 5.73 Å². The van der Waals surface area contributed by atoms with Crippen LogP contribution in [-0.4, -0.2) is 20.9 Å². The van der Waals surface area contributed by atoms with Crippen molar-refractivity contribution >= 4 is 17.2 Å². The standard InChI is InChI=1S/C10H10N4OS/c1-6-8(13-3-2-12-6)4-7-5-16-10(14-7)9(11)15/h2-3,5H,4H2,1H3,(H2,11,15). The van der Waals surface area contributed by atoms with E-state index >= 15 is 0 Å². The topological polar surface area (TPSA) is 81.8 Å². The molecule has 0 bridgehead atoms. The van der Waals surface area contributed by atoms with Gasteiger partial charge in [-0.05, 0) is 6.92 Å². The predicted molar refractivity (Wildman–Crippen MR) is 60.2 cm³/mol. The largest absolute Gasteiger partial charge is 0.364 e. The number of aromatic nitrogens is 3. The Morgan fingerprint density at radius 1 is 1.44 bits per heavy atom. The van der Waals surface area contributed by atoms with Gasteiger partial charge in [0.15, 0.2) is 5.01 Å². The maximum Gasteiger partial charge on any atom is 0.277 e. The van der Waals surface area contributed by atoms with Crippen LogP contribution in [0.4, 0.5) is 0 Å². The van der Waals surface area contributed by atoms with Gasteiger partial charge in [0.25, 0.3) is 5.91 Å². The van der Waals surface area contributed by atoms with Gasteiger partial charge in [0, 0.05) is 24.2 Å². The molecule has 0 radical (unpaired) electrons. The number of carbonyl (C=O) groups excluding carboxylic acids is 1. The number of primary amides is 1. The fraction of sp³-hybridized carbons (Fsp3) is 0.200. The Morgan fingerprint density at radius 2 is 2.19 bits per heavy atom. The summed E-state index contributed by atoms with van der Waals surface area (Å²) in [6, 6.07) is 0. The van der Waals surface area contributed by atoms with Crippen LogP contribution >= 0.6 is 11.3 Å². The Morgan fingerprint density at radius 3 is 2.81 bits per heavy atom. The van der Waals surface area contributed by atoms with Crippen LogP contribution in [0, 0.1) is 6.92 Å². The summed E-state index contributed by atoms with van der Waals surface area (Å²) >= 11 is 1.25. The third kappa shape index (κ3) is 2.22. The number of aryl methyl sites for hydroxylation is 1. The number of nitrogens with zero attached hydrogens (tertiary/aromatic N) is 3.